The van der Waals surface area contributed by atoms with E-state index in [2.05, 4.69) is 10.3 Å². The number of nitrogens with zero attached hydrogens (tertiary/aromatic N) is 2. The third-order valence-corrected chi connectivity index (χ3v) is 4.30. The van der Waals surface area contributed by atoms with Crippen LogP contribution < -0.4 is 20.3 Å². The molecule has 1 N–H and O–H groups in total. The van der Waals surface area contributed by atoms with Crippen molar-refractivity contribution in [1.29, 1.82) is 0 Å². The Morgan fingerprint density at radius 2 is 1.86 bits per heavy atom. The third kappa shape index (κ3) is 4.26. The first-order chi connectivity index (χ1) is 14.0. The molecule has 154 valence electrons. The van der Waals surface area contributed by atoms with Gasteiger partial charge in [-0.2, -0.15) is 0 Å². The summed E-state index contributed by atoms with van der Waals surface area (Å²) in [4.78, 5) is 29.5. The standard InChI is InChI=1S/C21H25N3O5/c1-5-9-27-15-8-7-14(11-16(15)28-10-6-2)23-19(25)17-13(3)29-20-18(17)21(26)24(4)12-22-20/h7-8,11-12H,5-6,9-10H2,1-4H3,(H,23,25). The lowest BCUT2D eigenvalue weighted by Gasteiger charge is -2.14. The molecule has 0 saturated carbocycles. The van der Waals surface area contributed by atoms with Crippen molar-refractivity contribution in [2.75, 3.05) is 18.5 Å². The SMILES string of the molecule is CCCOc1ccc(NC(=O)c2c(C)oc3ncn(C)c(=O)c23)cc1OCCC. The Bertz CT molecular complexity index is 1080. The van der Waals surface area contributed by atoms with E-state index >= 15 is 0 Å². The molecule has 0 radical (unpaired) electrons. The number of aromatic nitrogens is 2. The number of aryl methyl sites for hydroxylation is 2. The number of anilines is 1. The summed E-state index contributed by atoms with van der Waals surface area (Å²) in [6, 6.07) is 5.21. The molecule has 0 spiro atoms. The number of fused-ring (bicyclic) bond motifs is 1. The molecule has 0 bridgehead atoms. The average molecular weight is 399 g/mol. The van der Waals surface area contributed by atoms with Gasteiger partial charge >= 0.3 is 0 Å². The second-order valence-corrected chi connectivity index (χ2v) is 6.69. The summed E-state index contributed by atoms with van der Waals surface area (Å²) in [6.45, 7) is 6.78. The van der Waals surface area contributed by atoms with Crippen molar-refractivity contribution in [2.24, 2.45) is 7.05 Å². The summed E-state index contributed by atoms with van der Waals surface area (Å²) in [6.07, 6.45) is 3.09. The van der Waals surface area contributed by atoms with Crippen molar-refractivity contribution in [3.05, 3.63) is 46.2 Å². The topological polar surface area (TPSA) is 95.6 Å². The zero-order chi connectivity index (χ0) is 21.0. The first kappa shape index (κ1) is 20.4. The molecular weight excluding hydrogens is 374 g/mol. The average Bonchev–Trinajstić information content (AvgIpc) is 3.05. The highest BCUT2D eigenvalue weighted by Crippen LogP contribution is 2.31. The number of ether oxygens (including phenoxy) is 2. The van der Waals surface area contributed by atoms with Gasteiger partial charge in [0.05, 0.1) is 18.8 Å². The quantitative estimate of drug-likeness (QED) is 0.621. The Morgan fingerprint density at radius 3 is 2.55 bits per heavy atom. The highest BCUT2D eigenvalue weighted by molar-refractivity contribution is 6.12. The monoisotopic (exact) mass is 399 g/mol. The van der Waals surface area contributed by atoms with Crippen molar-refractivity contribution in [3.8, 4) is 11.5 Å². The summed E-state index contributed by atoms with van der Waals surface area (Å²) in [5, 5.41) is 2.98. The van der Waals surface area contributed by atoms with Crippen LogP contribution in [0.2, 0.25) is 0 Å². The zero-order valence-corrected chi connectivity index (χ0v) is 17.1. The minimum atomic E-state index is -0.449. The van der Waals surface area contributed by atoms with Gasteiger partial charge in [0.2, 0.25) is 5.71 Å². The lowest BCUT2D eigenvalue weighted by molar-refractivity contribution is 0.102. The van der Waals surface area contributed by atoms with E-state index in [9.17, 15) is 9.59 Å². The van der Waals surface area contributed by atoms with Gasteiger partial charge in [-0.1, -0.05) is 13.8 Å². The molecule has 1 amide bonds. The van der Waals surface area contributed by atoms with Gasteiger partial charge in [-0.15, -0.1) is 0 Å². The number of rotatable bonds is 8. The maximum Gasteiger partial charge on any atom is 0.265 e. The Balaban J connectivity index is 1.93. The van der Waals surface area contributed by atoms with Crippen LogP contribution in [0.3, 0.4) is 0 Å². The number of furan rings is 1. The molecule has 0 aliphatic rings. The van der Waals surface area contributed by atoms with Crippen LogP contribution in [-0.2, 0) is 7.05 Å². The maximum absolute atomic E-state index is 12.9. The Morgan fingerprint density at radius 1 is 1.17 bits per heavy atom. The normalized spacial score (nSPS) is 10.9. The van der Waals surface area contributed by atoms with E-state index in [-0.39, 0.29) is 22.2 Å². The van der Waals surface area contributed by atoms with Crippen LogP contribution in [-0.4, -0.2) is 28.7 Å². The van der Waals surface area contributed by atoms with Gasteiger partial charge in [-0.05, 0) is 31.9 Å². The Hall–Kier alpha value is -3.29. The van der Waals surface area contributed by atoms with Crippen molar-refractivity contribution < 1.29 is 18.7 Å². The smallest absolute Gasteiger partial charge is 0.265 e. The van der Waals surface area contributed by atoms with Crippen LogP contribution >= 0.6 is 0 Å². The minimum absolute atomic E-state index is 0.144. The number of nitrogens with one attached hydrogen (secondary N) is 1. The molecule has 2 aromatic heterocycles. The number of amides is 1. The van der Waals surface area contributed by atoms with Gasteiger partial charge < -0.3 is 23.8 Å². The minimum Gasteiger partial charge on any atom is -0.490 e. The van der Waals surface area contributed by atoms with E-state index in [4.69, 9.17) is 13.9 Å². The van der Waals surface area contributed by atoms with Gasteiger partial charge in [0.1, 0.15) is 17.5 Å². The maximum atomic E-state index is 12.9. The van der Waals surface area contributed by atoms with E-state index < -0.39 is 5.91 Å². The molecule has 0 unspecified atom stereocenters. The van der Waals surface area contributed by atoms with Crippen LogP contribution in [0.25, 0.3) is 11.1 Å². The van der Waals surface area contributed by atoms with Gasteiger partial charge in [0.25, 0.3) is 11.5 Å². The summed E-state index contributed by atoms with van der Waals surface area (Å²) in [5.74, 6) is 1.07. The number of carbonyl (C=O) groups excluding carboxylic acids is 1. The zero-order valence-electron chi connectivity index (χ0n) is 17.1. The molecule has 2 heterocycles. The molecule has 0 aliphatic carbocycles. The van der Waals surface area contributed by atoms with Crippen LogP contribution in [0.1, 0.15) is 42.8 Å². The van der Waals surface area contributed by atoms with Gasteiger partial charge in [0.15, 0.2) is 11.5 Å². The van der Waals surface area contributed by atoms with E-state index in [0.717, 1.165) is 12.8 Å². The predicted molar refractivity (Wildman–Crippen MR) is 110 cm³/mol. The highest BCUT2D eigenvalue weighted by atomic mass is 16.5. The molecule has 0 aliphatic heterocycles. The Kier molecular flexibility index (Phi) is 6.21. The number of carbonyl (C=O) groups is 1. The van der Waals surface area contributed by atoms with Crippen LogP contribution in [0.4, 0.5) is 5.69 Å². The number of hydrogen-bond acceptors (Lipinski definition) is 6. The van der Waals surface area contributed by atoms with Crippen molar-refractivity contribution >= 4 is 22.7 Å². The summed E-state index contributed by atoms with van der Waals surface area (Å²) in [7, 11) is 1.57. The van der Waals surface area contributed by atoms with Gasteiger partial charge in [-0.3, -0.25) is 9.59 Å². The fourth-order valence-corrected chi connectivity index (χ4v) is 2.90. The number of hydrogen-bond donors (Lipinski definition) is 1. The van der Waals surface area contributed by atoms with Crippen molar-refractivity contribution in [2.45, 2.75) is 33.6 Å². The van der Waals surface area contributed by atoms with E-state index in [1.165, 1.54) is 10.9 Å². The predicted octanol–water partition coefficient (Wildman–Crippen LogP) is 3.66. The second-order valence-electron chi connectivity index (χ2n) is 6.69. The molecule has 0 saturated heterocycles. The van der Waals surface area contributed by atoms with Crippen LogP contribution in [0, 0.1) is 6.92 Å². The molecule has 0 fully saturated rings. The number of benzene rings is 1. The van der Waals surface area contributed by atoms with E-state index in [1.54, 1.807) is 32.2 Å². The third-order valence-electron chi connectivity index (χ3n) is 4.30. The molecule has 3 rings (SSSR count). The van der Waals surface area contributed by atoms with Gasteiger partial charge in [0, 0.05) is 18.8 Å². The molecule has 0 atom stereocenters. The molecule has 8 nitrogen and oxygen atoms in total. The summed E-state index contributed by atoms with van der Waals surface area (Å²) < 4.78 is 18.3. The van der Waals surface area contributed by atoms with E-state index in [1.807, 2.05) is 13.8 Å². The molecule has 29 heavy (non-hydrogen) atoms. The van der Waals surface area contributed by atoms with E-state index in [0.29, 0.717) is 36.2 Å². The fourth-order valence-electron chi connectivity index (χ4n) is 2.90. The first-order valence-corrected chi connectivity index (χ1v) is 9.62. The van der Waals surface area contributed by atoms with Crippen molar-refractivity contribution in [3.63, 3.8) is 0 Å². The molecule has 1 aromatic carbocycles. The first-order valence-electron chi connectivity index (χ1n) is 9.62. The summed E-state index contributed by atoms with van der Waals surface area (Å²) in [5.41, 5.74) is 0.508. The lowest BCUT2D eigenvalue weighted by Crippen LogP contribution is -2.20. The lowest BCUT2D eigenvalue weighted by atomic mass is 10.1. The van der Waals surface area contributed by atoms with Crippen LogP contribution in [0.15, 0.2) is 33.7 Å². The van der Waals surface area contributed by atoms with Crippen LogP contribution in [0.5, 0.6) is 11.5 Å². The largest absolute Gasteiger partial charge is 0.490 e. The van der Waals surface area contributed by atoms with Gasteiger partial charge in [-0.25, -0.2) is 4.98 Å². The summed E-state index contributed by atoms with van der Waals surface area (Å²) >= 11 is 0. The second kappa shape index (κ2) is 8.81. The fraction of sp³-hybridized carbons (Fsp3) is 0.381. The molecular formula is C21H25N3O5. The molecule has 3 aromatic rings. The van der Waals surface area contributed by atoms with Crippen molar-refractivity contribution in [1.82, 2.24) is 9.55 Å². The molecule has 8 heteroatoms. The Labute approximate surface area is 168 Å². The highest BCUT2D eigenvalue weighted by Gasteiger charge is 2.23.